The Hall–Kier alpha value is -4.59. The lowest BCUT2D eigenvalue weighted by Gasteiger charge is -2.16. The second-order valence-electron chi connectivity index (χ2n) is 7.79. The molecule has 0 amide bonds. The molecule has 0 saturated heterocycles. The van der Waals surface area contributed by atoms with Crippen LogP contribution < -0.4 is 15.0 Å². The number of halogens is 5. The van der Waals surface area contributed by atoms with Gasteiger partial charge in [0, 0.05) is 17.2 Å². The third kappa shape index (κ3) is 4.91. The van der Waals surface area contributed by atoms with Crippen molar-refractivity contribution in [2.45, 2.75) is 12.7 Å². The van der Waals surface area contributed by atoms with Crippen LogP contribution in [0.5, 0.6) is 11.5 Å². The first-order valence-electron chi connectivity index (χ1n) is 10.6. The second kappa shape index (κ2) is 9.81. The van der Waals surface area contributed by atoms with Gasteiger partial charge in [-0.05, 0) is 42.5 Å². The fourth-order valence-corrected chi connectivity index (χ4v) is 3.78. The molecule has 0 N–H and O–H groups in total. The number of ether oxygens (including phenoxy) is 2. The Kier molecular flexibility index (Phi) is 6.76. The van der Waals surface area contributed by atoms with Crippen LogP contribution in [0.1, 0.15) is 16.7 Å². The average Bonchev–Trinajstić information content (AvgIpc) is 3.35. The zero-order chi connectivity index (χ0) is 26.9. The number of furan rings is 1. The highest BCUT2D eigenvalue weighted by Crippen LogP contribution is 2.37. The number of nitrogens with zero attached hydrogens (tertiary/aromatic N) is 2. The maximum absolute atomic E-state index is 14.4. The largest absolute Gasteiger partial charge is 0.493 e. The second-order valence-corrected chi connectivity index (χ2v) is 7.79. The molecule has 0 atom stereocenters. The maximum atomic E-state index is 14.4. The predicted molar refractivity (Wildman–Crippen MR) is 122 cm³/mol. The molecule has 0 unspecified atom stereocenters. The minimum atomic E-state index is -5.03. The van der Waals surface area contributed by atoms with Crippen molar-refractivity contribution in [3.63, 3.8) is 0 Å². The molecule has 0 saturated carbocycles. The molecule has 2 aromatic heterocycles. The monoisotopic (exact) mass is 516 g/mol. The van der Waals surface area contributed by atoms with Gasteiger partial charge in [0.25, 0.3) is 5.56 Å². The van der Waals surface area contributed by atoms with Crippen LogP contribution in [-0.2, 0) is 12.7 Å². The van der Waals surface area contributed by atoms with E-state index in [2.05, 4.69) is 0 Å². The van der Waals surface area contributed by atoms with Gasteiger partial charge in [0.2, 0.25) is 0 Å². The Morgan fingerprint density at radius 1 is 0.946 bits per heavy atom. The fourth-order valence-electron chi connectivity index (χ4n) is 3.78. The molecule has 0 radical (unpaired) electrons. The van der Waals surface area contributed by atoms with E-state index in [-0.39, 0.29) is 22.8 Å². The summed E-state index contributed by atoms with van der Waals surface area (Å²) >= 11 is 0. The van der Waals surface area contributed by atoms with E-state index in [0.717, 1.165) is 16.7 Å². The summed E-state index contributed by atoms with van der Waals surface area (Å²) < 4.78 is 86.0. The van der Waals surface area contributed by atoms with Gasteiger partial charge in [-0.3, -0.25) is 9.36 Å². The summed E-state index contributed by atoms with van der Waals surface area (Å²) in [5.41, 5.74) is -3.97. The van der Waals surface area contributed by atoms with Crippen LogP contribution in [0.3, 0.4) is 0 Å². The molecule has 2 aromatic carbocycles. The van der Waals surface area contributed by atoms with Crippen LogP contribution in [0.25, 0.3) is 22.8 Å². The molecule has 0 spiro atoms. The summed E-state index contributed by atoms with van der Waals surface area (Å²) in [7, 11) is 2.88. The highest BCUT2D eigenvalue weighted by molar-refractivity contribution is 5.67. The van der Waals surface area contributed by atoms with Gasteiger partial charge in [0.05, 0.1) is 32.0 Å². The molecule has 11 heteroatoms. The molecule has 0 bridgehead atoms. The van der Waals surface area contributed by atoms with Gasteiger partial charge >= 0.3 is 6.18 Å². The quantitative estimate of drug-likeness (QED) is 0.294. The van der Waals surface area contributed by atoms with E-state index in [1.807, 2.05) is 0 Å². The van der Waals surface area contributed by atoms with E-state index >= 15 is 0 Å². The van der Waals surface area contributed by atoms with Crippen LogP contribution >= 0.6 is 0 Å². The number of benzene rings is 2. The first kappa shape index (κ1) is 25.5. The van der Waals surface area contributed by atoms with E-state index in [1.54, 1.807) is 18.2 Å². The number of pyridine rings is 1. The molecular formula is C26H17F5N2O4. The molecule has 6 nitrogen and oxygen atoms in total. The predicted octanol–water partition coefficient (Wildman–Crippen LogP) is 6.01. The Bertz CT molecular complexity index is 1580. The SMILES string of the molecule is COc1ccc(-c2ccc(-c3cc(C(F)(F)F)c(C#N)c(=O)n3Cc3ccc(F)cc3F)o2)cc1OC. The van der Waals surface area contributed by atoms with Crippen LogP contribution in [0.15, 0.2) is 63.8 Å². The van der Waals surface area contributed by atoms with Crippen LogP contribution in [0, 0.1) is 23.0 Å². The zero-order valence-corrected chi connectivity index (χ0v) is 19.3. The van der Waals surface area contributed by atoms with Gasteiger partial charge in [-0.1, -0.05) is 6.07 Å². The van der Waals surface area contributed by atoms with E-state index in [1.165, 1.54) is 32.4 Å². The van der Waals surface area contributed by atoms with Crippen molar-refractivity contribution in [2.75, 3.05) is 14.2 Å². The molecule has 4 aromatic rings. The lowest BCUT2D eigenvalue weighted by molar-refractivity contribution is -0.137. The summed E-state index contributed by atoms with van der Waals surface area (Å²) in [5, 5.41) is 9.32. The van der Waals surface area contributed by atoms with Crippen molar-refractivity contribution in [1.29, 1.82) is 5.26 Å². The molecule has 0 aliphatic carbocycles. The summed E-state index contributed by atoms with van der Waals surface area (Å²) in [6, 6.07) is 12.1. The number of hydrogen-bond acceptors (Lipinski definition) is 5. The molecule has 0 fully saturated rings. The topological polar surface area (TPSA) is 77.4 Å². The number of alkyl halides is 3. The summed E-state index contributed by atoms with van der Waals surface area (Å²) in [6.45, 7) is -0.584. The first-order chi connectivity index (χ1) is 17.6. The molecule has 190 valence electrons. The van der Waals surface area contributed by atoms with Gasteiger partial charge in [-0.25, -0.2) is 8.78 Å². The van der Waals surface area contributed by atoms with Crippen molar-refractivity contribution in [2.24, 2.45) is 0 Å². The minimum Gasteiger partial charge on any atom is -0.493 e. The van der Waals surface area contributed by atoms with Gasteiger partial charge in [0.1, 0.15) is 29.0 Å². The third-order valence-corrected chi connectivity index (χ3v) is 5.59. The molecule has 2 heterocycles. The van der Waals surface area contributed by atoms with Gasteiger partial charge in [0.15, 0.2) is 17.3 Å². The molecule has 0 aliphatic rings. The Morgan fingerprint density at radius 2 is 1.65 bits per heavy atom. The fraction of sp³-hybridized carbons (Fsp3) is 0.154. The number of nitriles is 1. The number of hydrogen-bond donors (Lipinski definition) is 0. The van der Waals surface area contributed by atoms with Crippen LogP contribution in [-0.4, -0.2) is 18.8 Å². The van der Waals surface area contributed by atoms with E-state index in [9.17, 15) is 32.0 Å². The van der Waals surface area contributed by atoms with Gasteiger partial charge in [-0.15, -0.1) is 0 Å². The first-order valence-corrected chi connectivity index (χ1v) is 10.6. The lowest BCUT2D eigenvalue weighted by Crippen LogP contribution is -2.29. The van der Waals surface area contributed by atoms with E-state index in [0.29, 0.717) is 29.2 Å². The molecule has 4 rings (SSSR count). The summed E-state index contributed by atoms with van der Waals surface area (Å²) in [5.74, 6) is -0.999. The van der Waals surface area contributed by atoms with Crippen LogP contribution in [0.2, 0.25) is 0 Å². The third-order valence-electron chi connectivity index (χ3n) is 5.59. The number of aromatic nitrogens is 1. The Morgan fingerprint density at radius 3 is 2.27 bits per heavy atom. The molecular weight excluding hydrogens is 499 g/mol. The van der Waals surface area contributed by atoms with Gasteiger partial charge < -0.3 is 13.9 Å². The van der Waals surface area contributed by atoms with Crippen molar-refractivity contribution in [1.82, 2.24) is 4.57 Å². The molecule has 37 heavy (non-hydrogen) atoms. The highest BCUT2D eigenvalue weighted by atomic mass is 19.4. The molecule has 0 aliphatic heterocycles. The van der Waals surface area contributed by atoms with Crippen molar-refractivity contribution < 1.29 is 35.8 Å². The Balaban J connectivity index is 1.91. The van der Waals surface area contributed by atoms with Crippen molar-refractivity contribution in [3.8, 4) is 40.3 Å². The summed E-state index contributed by atoms with van der Waals surface area (Å²) in [4.78, 5) is 13.0. The minimum absolute atomic E-state index is 0.153. The number of rotatable bonds is 6. The van der Waals surface area contributed by atoms with E-state index in [4.69, 9.17) is 13.9 Å². The lowest BCUT2D eigenvalue weighted by atomic mass is 10.1. The summed E-state index contributed by atoms with van der Waals surface area (Å²) in [6.07, 6.45) is -5.03. The van der Waals surface area contributed by atoms with E-state index < -0.39 is 41.0 Å². The van der Waals surface area contributed by atoms with Crippen LogP contribution in [0.4, 0.5) is 22.0 Å². The standard InChI is InChI=1S/C26H17F5N2O4/c1-35-23-6-4-14(9-24(23)36-2)21-7-8-22(37-21)20-11-18(26(29,30)31)17(12-32)25(34)33(20)13-15-3-5-16(27)10-19(15)28/h3-11H,13H2,1-2H3. The Labute approximate surface area is 206 Å². The highest BCUT2D eigenvalue weighted by Gasteiger charge is 2.37. The number of methoxy groups -OCH3 is 2. The van der Waals surface area contributed by atoms with Crippen molar-refractivity contribution >= 4 is 0 Å². The van der Waals surface area contributed by atoms with Crippen molar-refractivity contribution in [3.05, 3.63) is 93.3 Å². The van der Waals surface area contributed by atoms with Gasteiger partial charge in [-0.2, -0.15) is 18.4 Å². The smallest absolute Gasteiger partial charge is 0.417 e. The average molecular weight is 516 g/mol. The zero-order valence-electron chi connectivity index (χ0n) is 19.3. The maximum Gasteiger partial charge on any atom is 0.417 e. The normalized spacial score (nSPS) is 11.3.